The van der Waals surface area contributed by atoms with Crippen molar-refractivity contribution in [2.45, 2.75) is 13.0 Å². The molecular formula is C10H11FN2O2. The van der Waals surface area contributed by atoms with Gasteiger partial charge in [-0.15, -0.1) is 5.12 Å². The summed E-state index contributed by atoms with van der Waals surface area (Å²) >= 11 is 0. The second-order valence-corrected chi connectivity index (χ2v) is 2.99. The first-order valence-electron chi connectivity index (χ1n) is 4.42. The van der Waals surface area contributed by atoms with Crippen molar-refractivity contribution in [1.82, 2.24) is 5.32 Å². The van der Waals surface area contributed by atoms with Crippen molar-refractivity contribution in [3.8, 4) is 0 Å². The van der Waals surface area contributed by atoms with Gasteiger partial charge in [0.15, 0.2) is 0 Å². The van der Waals surface area contributed by atoms with Gasteiger partial charge in [-0.2, -0.15) is 0 Å². The van der Waals surface area contributed by atoms with Gasteiger partial charge in [0.25, 0.3) is 0 Å². The van der Waals surface area contributed by atoms with E-state index in [2.05, 4.69) is 5.32 Å². The van der Waals surface area contributed by atoms with Gasteiger partial charge in [0.05, 0.1) is 11.7 Å². The van der Waals surface area contributed by atoms with Gasteiger partial charge >= 0.3 is 6.03 Å². The molecule has 15 heavy (non-hydrogen) atoms. The van der Waals surface area contributed by atoms with E-state index in [0.29, 0.717) is 6.29 Å². The van der Waals surface area contributed by atoms with E-state index >= 15 is 0 Å². The molecule has 1 rings (SSSR count). The molecule has 1 aromatic carbocycles. The summed E-state index contributed by atoms with van der Waals surface area (Å²) in [7, 11) is 0. The van der Waals surface area contributed by atoms with Gasteiger partial charge < -0.3 is 10.1 Å². The Bertz CT molecular complexity index is 343. The monoisotopic (exact) mass is 210 g/mol. The number of nitrogens with one attached hydrogen (secondary N) is 1. The molecule has 80 valence electrons. The maximum Gasteiger partial charge on any atom is 0.350 e. The van der Waals surface area contributed by atoms with Gasteiger partial charge in [0.1, 0.15) is 6.29 Å². The topological polar surface area (TPSA) is 49.4 Å². The molecule has 0 fully saturated rings. The van der Waals surface area contributed by atoms with Gasteiger partial charge in [-0.3, -0.25) is 0 Å². The Kier molecular flexibility index (Phi) is 3.79. The van der Waals surface area contributed by atoms with Gasteiger partial charge in [-0.05, 0) is 19.1 Å². The molecule has 0 aromatic heterocycles. The van der Waals surface area contributed by atoms with Crippen LogP contribution in [0.15, 0.2) is 30.3 Å². The SMILES string of the molecule is C[C@@H](C=O)NC(=O)N(F)c1ccccc1. The molecule has 0 radical (unpaired) electrons. The highest BCUT2D eigenvalue weighted by molar-refractivity contribution is 5.91. The van der Waals surface area contributed by atoms with Crippen LogP contribution in [0.1, 0.15) is 6.92 Å². The number of carbonyl (C=O) groups is 2. The summed E-state index contributed by atoms with van der Waals surface area (Å²) in [6.07, 6.45) is 0.525. The third-order valence-electron chi connectivity index (χ3n) is 1.72. The second-order valence-electron chi connectivity index (χ2n) is 2.99. The highest BCUT2D eigenvalue weighted by Crippen LogP contribution is 2.13. The number of hydrogen-bond donors (Lipinski definition) is 1. The molecule has 1 N–H and O–H groups in total. The fourth-order valence-electron chi connectivity index (χ4n) is 0.962. The lowest BCUT2D eigenvalue weighted by molar-refractivity contribution is -0.109. The van der Waals surface area contributed by atoms with E-state index < -0.39 is 12.1 Å². The molecule has 0 aliphatic rings. The second kappa shape index (κ2) is 5.09. The molecule has 0 aliphatic carbocycles. The zero-order valence-electron chi connectivity index (χ0n) is 8.18. The predicted molar refractivity (Wildman–Crippen MR) is 54.1 cm³/mol. The largest absolute Gasteiger partial charge is 0.350 e. The van der Waals surface area contributed by atoms with Crippen LogP contribution in [-0.4, -0.2) is 18.4 Å². The molecule has 1 aromatic rings. The smallest absolute Gasteiger partial charge is 0.326 e. The molecule has 0 heterocycles. The summed E-state index contributed by atoms with van der Waals surface area (Å²) in [5.74, 6) is 0. The fourth-order valence-corrected chi connectivity index (χ4v) is 0.962. The van der Waals surface area contributed by atoms with Crippen LogP contribution in [0, 0.1) is 0 Å². The maximum atomic E-state index is 13.3. The summed E-state index contributed by atoms with van der Waals surface area (Å²) in [5, 5.41) is 2.13. The standard InChI is InChI=1S/C10H11FN2O2/c1-8(7-14)12-10(15)13(11)9-5-3-2-4-6-9/h2-8H,1H3,(H,12,15)/t8-/m0/s1. The van der Waals surface area contributed by atoms with Gasteiger partial charge in [-0.25, -0.2) is 4.79 Å². The zero-order chi connectivity index (χ0) is 11.3. The molecule has 0 saturated carbocycles. The number of amides is 2. The maximum absolute atomic E-state index is 13.3. The molecule has 4 nitrogen and oxygen atoms in total. The molecule has 0 saturated heterocycles. The van der Waals surface area contributed by atoms with E-state index in [4.69, 9.17) is 0 Å². The number of anilines is 1. The minimum absolute atomic E-state index is 0.0417. The summed E-state index contributed by atoms with van der Waals surface area (Å²) in [6.45, 7) is 1.46. The summed E-state index contributed by atoms with van der Waals surface area (Å²) < 4.78 is 13.3. The summed E-state index contributed by atoms with van der Waals surface area (Å²) in [6, 6.07) is 6.16. The zero-order valence-corrected chi connectivity index (χ0v) is 8.18. The number of urea groups is 1. The van der Waals surface area contributed by atoms with Gasteiger partial charge in [0.2, 0.25) is 0 Å². The molecule has 0 spiro atoms. The third-order valence-corrected chi connectivity index (χ3v) is 1.72. The number of hydrogen-bond acceptors (Lipinski definition) is 2. The predicted octanol–water partition coefficient (Wildman–Crippen LogP) is 1.67. The number of rotatable bonds is 3. The molecule has 2 amide bonds. The Balaban J connectivity index is 2.65. The first-order valence-corrected chi connectivity index (χ1v) is 4.42. The lowest BCUT2D eigenvalue weighted by Crippen LogP contribution is -2.40. The van der Waals surface area contributed by atoms with Crippen LogP contribution in [0.3, 0.4) is 0 Å². The van der Waals surface area contributed by atoms with E-state index in [0.717, 1.165) is 0 Å². The van der Waals surface area contributed by atoms with Crippen LogP contribution in [-0.2, 0) is 4.79 Å². The van der Waals surface area contributed by atoms with Crippen LogP contribution in [0.4, 0.5) is 15.0 Å². The highest BCUT2D eigenvalue weighted by atomic mass is 19.2. The number of aldehydes is 1. The van der Waals surface area contributed by atoms with Crippen LogP contribution in [0.25, 0.3) is 0 Å². The van der Waals surface area contributed by atoms with Crippen LogP contribution >= 0.6 is 0 Å². The Morgan fingerprint density at radius 2 is 2.07 bits per heavy atom. The van der Waals surface area contributed by atoms with Crippen molar-refractivity contribution in [1.29, 1.82) is 0 Å². The Labute approximate surface area is 86.6 Å². The first-order chi connectivity index (χ1) is 7.15. The first kappa shape index (κ1) is 11.2. The fraction of sp³-hybridized carbons (Fsp3) is 0.200. The van der Waals surface area contributed by atoms with Crippen LogP contribution in [0.5, 0.6) is 0 Å². The van der Waals surface area contributed by atoms with E-state index in [-0.39, 0.29) is 10.8 Å². The van der Waals surface area contributed by atoms with Crippen molar-refractivity contribution in [3.63, 3.8) is 0 Å². The van der Waals surface area contributed by atoms with E-state index in [1.54, 1.807) is 18.2 Å². The van der Waals surface area contributed by atoms with E-state index in [1.165, 1.54) is 19.1 Å². The third kappa shape index (κ3) is 3.05. The Morgan fingerprint density at radius 3 is 2.60 bits per heavy atom. The average molecular weight is 210 g/mol. The van der Waals surface area contributed by atoms with Crippen molar-refractivity contribution >= 4 is 18.0 Å². The van der Waals surface area contributed by atoms with Crippen molar-refractivity contribution in [3.05, 3.63) is 30.3 Å². The molecule has 0 bridgehead atoms. The summed E-state index contributed by atoms with van der Waals surface area (Å²) in [4.78, 5) is 21.4. The molecule has 0 unspecified atom stereocenters. The quantitative estimate of drug-likeness (QED) is 0.609. The molecular weight excluding hydrogens is 199 g/mol. The number of nitrogens with zero attached hydrogens (tertiary/aromatic N) is 1. The molecule has 5 heteroatoms. The number of carbonyl (C=O) groups excluding carboxylic acids is 2. The van der Waals surface area contributed by atoms with Crippen LogP contribution < -0.4 is 10.4 Å². The summed E-state index contributed by atoms with van der Waals surface area (Å²) in [5.41, 5.74) is 0.119. The minimum atomic E-state index is -0.958. The highest BCUT2D eigenvalue weighted by Gasteiger charge is 2.16. The minimum Gasteiger partial charge on any atom is -0.326 e. The number of halogens is 1. The van der Waals surface area contributed by atoms with E-state index in [9.17, 15) is 14.1 Å². The van der Waals surface area contributed by atoms with Crippen LogP contribution in [0.2, 0.25) is 0 Å². The number of para-hydroxylation sites is 1. The molecule has 1 atom stereocenters. The molecule has 0 aliphatic heterocycles. The van der Waals surface area contributed by atoms with Gasteiger partial charge in [-0.1, -0.05) is 22.7 Å². The lowest BCUT2D eigenvalue weighted by Gasteiger charge is -2.14. The normalized spacial score (nSPS) is 11.6. The number of benzene rings is 1. The van der Waals surface area contributed by atoms with E-state index in [1.807, 2.05) is 0 Å². The van der Waals surface area contributed by atoms with Crippen molar-refractivity contribution in [2.75, 3.05) is 5.12 Å². The van der Waals surface area contributed by atoms with Gasteiger partial charge in [0, 0.05) is 0 Å². The average Bonchev–Trinajstić information content (AvgIpc) is 2.29. The Hall–Kier alpha value is -1.91. The Morgan fingerprint density at radius 1 is 1.47 bits per heavy atom. The van der Waals surface area contributed by atoms with Crippen molar-refractivity contribution in [2.24, 2.45) is 0 Å². The van der Waals surface area contributed by atoms with Crippen molar-refractivity contribution < 1.29 is 14.1 Å². The lowest BCUT2D eigenvalue weighted by atomic mass is 10.3.